The van der Waals surface area contributed by atoms with Crippen molar-refractivity contribution in [1.82, 2.24) is 0 Å². The third-order valence-corrected chi connectivity index (χ3v) is 4.62. The van der Waals surface area contributed by atoms with E-state index < -0.39 is 15.6 Å². The van der Waals surface area contributed by atoms with Crippen LogP contribution in [-0.4, -0.2) is 18.4 Å². The van der Waals surface area contributed by atoms with Crippen molar-refractivity contribution in [1.29, 1.82) is 0 Å². The van der Waals surface area contributed by atoms with Crippen LogP contribution >= 0.6 is 0 Å². The van der Waals surface area contributed by atoms with Gasteiger partial charge in [0.15, 0.2) is 0 Å². The molecule has 1 aromatic carbocycles. The first-order valence-corrected chi connectivity index (χ1v) is 9.65. The maximum atomic E-state index is 11.0. The molecule has 5 heteroatoms. The number of hydrogen-bond acceptors (Lipinski definition) is 3. The van der Waals surface area contributed by atoms with Crippen LogP contribution in [0.4, 0.5) is 0 Å². The molecule has 0 aliphatic heterocycles. The Balaban J connectivity index is 2.35. The lowest BCUT2D eigenvalue weighted by molar-refractivity contribution is 0.274. The minimum atomic E-state index is -4.17. The van der Waals surface area contributed by atoms with Crippen molar-refractivity contribution in [2.75, 3.05) is 0 Å². The van der Waals surface area contributed by atoms with E-state index in [2.05, 4.69) is 6.92 Å². The molecule has 1 N–H and O–H groups in total. The van der Waals surface area contributed by atoms with E-state index in [1.165, 1.54) is 45.4 Å². The molecular weight excluding hydrogens is 300 g/mol. The molecule has 0 saturated heterocycles. The zero-order valence-corrected chi connectivity index (χ0v) is 14.4. The van der Waals surface area contributed by atoms with Gasteiger partial charge < -0.3 is 4.74 Å². The molecule has 0 aliphatic carbocycles. The predicted molar refractivity (Wildman–Crippen MR) is 89.8 cm³/mol. The Kier molecular flexibility index (Phi) is 8.49. The van der Waals surface area contributed by atoms with Crippen LogP contribution in [-0.2, 0) is 16.5 Å². The Morgan fingerprint density at radius 2 is 1.73 bits per heavy atom. The highest BCUT2D eigenvalue weighted by Crippen LogP contribution is 2.18. The van der Waals surface area contributed by atoms with E-state index in [-0.39, 0.29) is 0 Å². The summed E-state index contributed by atoms with van der Waals surface area (Å²) in [6.45, 7) is 3.54. The van der Waals surface area contributed by atoms with Crippen molar-refractivity contribution < 1.29 is 17.7 Å². The zero-order valence-electron chi connectivity index (χ0n) is 13.6. The number of hydrogen-bond donors (Lipinski definition) is 1. The highest BCUT2D eigenvalue weighted by molar-refractivity contribution is 7.86. The molecule has 4 nitrogen and oxygen atoms in total. The molecule has 0 aliphatic rings. The van der Waals surface area contributed by atoms with Gasteiger partial charge in [0.2, 0.25) is 5.44 Å². The molecule has 1 aromatic rings. The molecule has 22 heavy (non-hydrogen) atoms. The van der Waals surface area contributed by atoms with Gasteiger partial charge in [-0.2, -0.15) is 8.42 Å². The molecule has 0 saturated carbocycles. The van der Waals surface area contributed by atoms with Crippen LogP contribution in [0.1, 0.15) is 64.4 Å². The Morgan fingerprint density at radius 1 is 1.09 bits per heavy atom. The van der Waals surface area contributed by atoms with Gasteiger partial charge in [-0.1, -0.05) is 57.6 Å². The van der Waals surface area contributed by atoms with Gasteiger partial charge in [0, 0.05) is 0 Å². The molecule has 0 bridgehead atoms. The number of rotatable bonds is 11. The van der Waals surface area contributed by atoms with Crippen LogP contribution in [0.15, 0.2) is 24.3 Å². The van der Waals surface area contributed by atoms with Crippen molar-refractivity contribution in [2.45, 2.75) is 70.7 Å². The number of unbranched alkanes of at least 4 members (excludes halogenated alkanes) is 6. The lowest BCUT2D eigenvalue weighted by Gasteiger charge is -2.12. The average Bonchev–Trinajstić information content (AvgIpc) is 2.46. The van der Waals surface area contributed by atoms with Crippen LogP contribution in [0.5, 0.6) is 5.75 Å². The van der Waals surface area contributed by atoms with Crippen molar-refractivity contribution in [2.24, 2.45) is 0 Å². The first-order valence-electron chi connectivity index (χ1n) is 8.15. The van der Waals surface area contributed by atoms with Gasteiger partial charge in [0.05, 0.1) is 0 Å². The van der Waals surface area contributed by atoms with Gasteiger partial charge in [-0.05, 0) is 37.5 Å². The third-order valence-electron chi connectivity index (χ3n) is 3.69. The maximum Gasteiger partial charge on any atom is 0.303 e. The molecule has 0 heterocycles. The van der Waals surface area contributed by atoms with Crippen LogP contribution < -0.4 is 4.74 Å². The SMILES string of the molecule is CCCCCCCCCc1cccc(OC(C)S(=O)(=O)O)c1. The quantitative estimate of drug-likeness (QED) is 0.476. The minimum absolute atomic E-state index is 0.477. The molecule has 1 unspecified atom stereocenters. The van der Waals surface area contributed by atoms with E-state index in [0.29, 0.717) is 5.75 Å². The Morgan fingerprint density at radius 3 is 2.36 bits per heavy atom. The first-order chi connectivity index (χ1) is 10.4. The monoisotopic (exact) mass is 328 g/mol. The third kappa shape index (κ3) is 7.80. The van der Waals surface area contributed by atoms with Gasteiger partial charge in [-0.3, -0.25) is 4.55 Å². The minimum Gasteiger partial charge on any atom is -0.472 e. The van der Waals surface area contributed by atoms with Crippen LogP contribution in [0, 0.1) is 0 Å². The maximum absolute atomic E-state index is 11.0. The molecule has 1 atom stereocenters. The Labute approximate surface area is 134 Å². The van der Waals surface area contributed by atoms with Gasteiger partial charge in [-0.15, -0.1) is 0 Å². The van der Waals surface area contributed by atoms with Gasteiger partial charge in [0.1, 0.15) is 5.75 Å². The molecule has 1 rings (SSSR count). The summed E-state index contributed by atoms with van der Waals surface area (Å²) in [4.78, 5) is 0. The summed E-state index contributed by atoms with van der Waals surface area (Å²) in [5.41, 5.74) is -0.116. The highest BCUT2D eigenvalue weighted by Gasteiger charge is 2.18. The largest absolute Gasteiger partial charge is 0.472 e. The fraction of sp³-hybridized carbons (Fsp3) is 0.647. The summed E-state index contributed by atoms with van der Waals surface area (Å²) in [5, 5.41) is 0. The summed E-state index contributed by atoms with van der Waals surface area (Å²) in [5.74, 6) is 0.477. The molecule has 0 radical (unpaired) electrons. The van der Waals surface area contributed by atoms with Gasteiger partial charge >= 0.3 is 10.1 Å². The Bertz CT molecular complexity index is 525. The zero-order chi connectivity index (χ0) is 16.4. The Hall–Kier alpha value is -1.07. The lowest BCUT2D eigenvalue weighted by Crippen LogP contribution is -2.23. The number of ether oxygens (including phenoxy) is 1. The van der Waals surface area contributed by atoms with E-state index in [9.17, 15) is 8.42 Å². The molecule has 0 amide bonds. The second-order valence-electron chi connectivity index (χ2n) is 5.72. The average molecular weight is 328 g/mol. The topological polar surface area (TPSA) is 63.6 Å². The fourth-order valence-corrected chi connectivity index (χ4v) is 2.55. The van der Waals surface area contributed by atoms with Crippen LogP contribution in [0.2, 0.25) is 0 Å². The summed E-state index contributed by atoms with van der Waals surface area (Å²) in [6, 6.07) is 7.42. The molecule has 0 spiro atoms. The van der Waals surface area contributed by atoms with E-state index in [1.807, 2.05) is 18.2 Å². The van der Waals surface area contributed by atoms with Crippen LogP contribution in [0.25, 0.3) is 0 Å². The summed E-state index contributed by atoms with van der Waals surface area (Å²) < 4.78 is 36.1. The summed E-state index contributed by atoms with van der Waals surface area (Å²) in [6.07, 6.45) is 9.82. The first kappa shape index (κ1) is 19.0. The van der Waals surface area contributed by atoms with Crippen molar-refractivity contribution in [3.63, 3.8) is 0 Å². The van der Waals surface area contributed by atoms with E-state index in [4.69, 9.17) is 9.29 Å². The van der Waals surface area contributed by atoms with Crippen molar-refractivity contribution in [3.05, 3.63) is 29.8 Å². The standard InChI is InChI=1S/C17H28O4S/c1-3-4-5-6-7-8-9-11-16-12-10-13-17(14-16)21-15(2)22(18,19)20/h10,12-15H,3-9,11H2,1-2H3,(H,18,19,20). The highest BCUT2D eigenvalue weighted by atomic mass is 32.2. The van der Waals surface area contributed by atoms with Gasteiger partial charge in [0.25, 0.3) is 0 Å². The summed E-state index contributed by atoms with van der Waals surface area (Å²) in [7, 11) is -4.17. The molecule has 126 valence electrons. The fourth-order valence-electron chi connectivity index (χ4n) is 2.31. The molecule has 0 fully saturated rings. The molecular formula is C17H28O4S. The van der Waals surface area contributed by atoms with Crippen molar-refractivity contribution in [3.8, 4) is 5.75 Å². The predicted octanol–water partition coefficient (Wildman–Crippen LogP) is 4.59. The smallest absolute Gasteiger partial charge is 0.303 e. The van der Waals surface area contributed by atoms with E-state index in [1.54, 1.807) is 6.07 Å². The second kappa shape index (κ2) is 9.85. The lowest BCUT2D eigenvalue weighted by atomic mass is 10.0. The second-order valence-corrected chi connectivity index (χ2v) is 7.41. The number of benzene rings is 1. The summed E-state index contributed by atoms with van der Waals surface area (Å²) >= 11 is 0. The van der Waals surface area contributed by atoms with Crippen LogP contribution in [0.3, 0.4) is 0 Å². The van der Waals surface area contributed by atoms with Gasteiger partial charge in [-0.25, -0.2) is 0 Å². The van der Waals surface area contributed by atoms with Crippen molar-refractivity contribution >= 4 is 10.1 Å². The molecule has 0 aromatic heterocycles. The number of aryl methyl sites for hydroxylation is 1. The van der Waals surface area contributed by atoms with E-state index >= 15 is 0 Å². The normalized spacial score (nSPS) is 13.0. The van der Waals surface area contributed by atoms with E-state index in [0.717, 1.165) is 18.4 Å².